The summed E-state index contributed by atoms with van der Waals surface area (Å²) in [5, 5.41) is 6.37. The molecule has 2 heterocycles. The van der Waals surface area contributed by atoms with E-state index in [0.717, 1.165) is 37.9 Å². The van der Waals surface area contributed by atoms with Gasteiger partial charge in [-0.2, -0.15) is 0 Å². The van der Waals surface area contributed by atoms with Gasteiger partial charge in [0.2, 0.25) is 0 Å². The predicted molar refractivity (Wildman–Crippen MR) is 104 cm³/mol. The molecule has 1 unspecified atom stereocenters. The van der Waals surface area contributed by atoms with Crippen molar-refractivity contribution in [1.82, 2.24) is 15.6 Å². The molecular weight excluding hydrogens is 348 g/mol. The Morgan fingerprint density at radius 1 is 1.38 bits per heavy atom. The van der Waals surface area contributed by atoms with Crippen molar-refractivity contribution >= 4 is 33.5 Å². The normalized spacial score (nSPS) is 21.3. The molecule has 1 aromatic carbocycles. The first-order valence-corrected chi connectivity index (χ1v) is 10.2. The minimum Gasteiger partial charge on any atom is -0.335 e. The number of piperidine rings is 1. The molecule has 3 atom stereocenters. The third-order valence-corrected chi connectivity index (χ3v) is 6.13. The fraction of sp³-hybridized carbons (Fsp3) is 0.526. The average Bonchev–Trinajstić information content (AvgIpc) is 3.05. The lowest BCUT2D eigenvalue weighted by atomic mass is 9.99. The minimum atomic E-state index is -0.400. The molecule has 0 saturated carbocycles. The number of urea groups is 1. The van der Waals surface area contributed by atoms with Crippen LogP contribution in [0.25, 0.3) is 10.2 Å². The smallest absolute Gasteiger partial charge is 0.321 e. The molecule has 7 heteroatoms. The van der Waals surface area contributed by atoms with Crippen LogP contribution < -0.4 is 15.5 Å². The Hall–Kier alpha value is -1.99. The number of hydrogen-bond acceptors (Lipinski definition) is 4. The summed E-state index contributed by atoms with van der Waals surface area (Å²) in [6.07, 6.45) is 3.02. The lowest BCUT2D eigenvalue weighted by Crippen LogP contribution is -3.14. The summed E-state index contributed by atoms with van der Waals surface area (Å²) in [5.41, 5.74) is 1.05. The number of amides is 3. The van der Waals surface area contributed by atoms with Crippen molar-refractivity contribution < 1.29 is 14.5 Å². The largest absolute Gasteiger partial charge is 0.335 e. The van der Waals surface area contributed by atoms with Crippen LogP contribution in [0.5, 0.6) is 0 Å². The van der Waals surface area contributed by atoms with Crippen molar-refractivity contribution in [2.75, 3.05) is 19.6 Å². The second-order valence-corrected chi connectivity index (χ2v) is 8.13. The number of nitrogens with one attached hydrogen (secondary N) is 3. The Labute approximate surface area is 158 Å². The number of para-hydroxylation sites is 1. The summed E-state index contributed by atoms with van der Waals surface area (Å²) in [4.78, 5) is 30.0. The lowest BCUT2D eigenvalue weighted by molar-refractivity contribution is -0.898. The summed E-state index contributed by atoms with van der Waals surface area (Å²) in [6, 6.07) is 7.87. The van der Waals surface area contributed by atoms with E-state index >= 15 is 0 Å². The van der Waals surface area contributed by atoms with Crippen LogP contribution in [0.1, 0.15) is 44.0 Å². The highest BCUT2D eigenvalue weighted by Crippen LogP contribution is 2.30. The van der Waals surface area contributed by atoms with Gasteiger partial charge >= 0.3 is 6.03 Å². The Morgan fingerprint density at radius 3 is 2.96 bits per heavy atom. The van der Waals surface area contributed by atoms with Crippen LogP contribution in [0.3, 0.4) is 0 Å². The highest BCUT2D eigenvalue weighted by atomic mass is 32.1. The molecule has 1 saturated heterocycles. The van der Waals surface area contributed by atoms with Crippen LogP contribution >= 0.6 is 11.3 Å². The van der Waals surface area contributed by atoms with Gasteiger partial charge < -0.3 is 10.2 Å². The molecule has 0 aliphatic carbocycles. The molecule has 0 radical (unpaired) electrons. The molecule has 1 aliphatic rings. The molecule has 3 N–H and O–H groups in total. The van der Waals surface area contributed by atoms with Gasteiger partial charge in [-0.15, -0.1) is 11.3 Å². The first-order valence-electron chi connectivity index (χ1n) is 9.34. The van der Waals surface area contributed by atoms with Gasteiger partial charge in [0.15, 0.2) is 6.54 Å². The Morgan fingerprint density at radius 2 is 2.19 bits per heavy atom. The number of carbonyl (C=O) groups excluding carboxylic acids is 2. The predicted octanol–water partition coefficient (Wildman–Crippen LogP) is 1.68. The van der Waals surface area contributed by atoms with E-state index in [-0.39, 0.29) is 11.9 Å². The van der Waals surface area contributed by atoms with Crippen molar-refractivity contribution in [1.29, 1.82) is 0 Å². The zero-order chi connectivity index (χ0) is 18.5. The number of thiazole rings is 1. The Bertz CT molecular complexity index is 743. The summed E-state index contributed by atoms with van der Waals surface area (Å²) >= 11 is 1.76. The molecule has 2 aromatic rings. The number of nitrogens with zero attached hydrogens (tertiary/aromatic N) is 1. The number of imide groups is 1. The maximum Gasteiger partial charge on any atom is 0.321 e. The number of likely N-dealkylation sites (tertiary alicyclic amines) is 1. The number of aromatic nitrogens is 1. The number of rotatable bonds is 5. The third-order valence-electron chi connectivity index (χ3n) is 4.93. The van der Waals surface area contributed by atoms with Gasteiger partial charge in [-0.1, -0.05) is 19.1 Å². The van der Waals surface area contributed by atoms with Gasteiger partial charge in [0.05, 0.1) is 29.2 Å². The number of quaternary nitrogens is 1. The standard InChI is InChI=1S/C19H26N4O2S/c1-3-13(2)20-19(25)22-17(24)12-23-10-6-7-14(11-23)18-21-15-8-4-5-9-16(15)26-18/h4-5,8-9,13-14H,3,6-7,10-12H2,1-2H3,(H2,20,22,24,25)/p+1/t13-,14-/m0/s1. The number of benzene rings is 1. The molecule has 1 fully saturated rings. The number of fused-ring (bicyclic) bond motifs is 1. The van der Waals surface area contributed by atoms with E-state index in [1.807, 2.05) is 32.0 Å². The zero-order valence-electron chi connectivity index (χ0n) is 15.4. The SMILES string of the molecule is CC[C@H](C)NC(=O)NC(=O)C[NH+]1CCC[C@H](c2nc3ccccc3s2)C1. The fourth-order valence-electron chi connectivity index (χ4n) is 3.35. The summed E-state index contributed by atoms with van der Waals surface area (Å²) in [6.45, 7) is 6.09. The van der Waals surface area contributed by atoms with Crippen LogP contribution in [-0.4, -0.2) is 42.6 Å². The maximum absolute atomic E-state index is 12.2. The molecular formula is C19H27N4O2S+. The first-order chi connectivity index (χ1) is 12.5. The van der Waals surface area contributed by atoms with Crippen molar-refractivity contribution in [3.05, 3.63) is 29.3 Å². The first kappa shape index (κ1) is 18.8. The van der Waals surface area contributed by atoms with Gasteiger partial charge in [-0.25, -0.2) is 9.78 Å². The van der Waals surface area contributed by atoms with Gasteiger partial charge in [-0.05, 0) is 38.3 Å². The van der Waals surface area contributed by atoms with E-state index < -0.39 is 6.03 Å². The van der Waals surface area contributed by atoms with E-state index in [2.05, 4.69) is 16.7 Å². The van der Waals surface area contributed by atoms with Crippen molar-refractivity contribution in [3.63, 3.8) is 0 Å². The Kier molecular flexibility index (Phi) is 6.21. The van der Waals surface area contributed by atoms with Crippen LogP contribution in [0, 0.1) is 0 Å². The van der Waals surface area contributed by atoms with Gasteiger partial charge in [0.25, 0.3) is 5.91 Å². The molecule has 3 rings (SSSR count). The van der Waals surface area contributed by atoms with Crippen molar-refractivity contribution in [2.45, 2.75) is 45.1 Å². The average molecular weight is 376 g/mol. The second-order valence-electron chi connectivity index (χ2n) is 7.07. The molecule has 140 valence electrons. The van der Waals surface area contributed by atoms with E-state index in [4.69, 9.17) is 4.98 Å². The van der Waals surface area contributed by atoms with Gasteiger partial charge in [0, 0.05) is 6.04 Å². The van der Waals surface area contributed by atoms with Gasteiger partial charge in [0.1, 0.15) is 5.01 Å². The second kappa shape index (κ2) is 8.60. The summed E-state index contributed by atoms with van der Waals surface area (Å²) in [5.74, 6) is 0.170. The summed E-state index contributed by atoms with van der Waals surface area (Å²) < 4.78 is 1.22. The molecule has 3 amide bonds. The monoisotopic (exact) mass is 375 g/mol. The van der Waals surface area contributed by atoms with Gasteiger partial charge in [-0.3, -0.25) is 10.1 Å². The van der Waals surface area contributed by atoms with E-state index in [1.54, 1.807) is 11.3 Å². The van der Waals surface area contributed by atoms with Crippen molar-refractivity contribution in [2.24, 2.45) is 0 Å². The highest BCUT2D eigenvalue weighted by molar-refractivity contribution is 7.18. The molecule has 0 spiro atoms. The van der Waals surface area contributed by atoms with E-state index in [0.29, 0.717) is 12.5 Å². The zero-order valence-corrected chi connectivity index (χ0v) is 16.2. The minimum absolute atomic E-state index is 0.0635. The lowest BCUT2D eigenvalue weighted by Gasteiger charge is -2.28. The van der Waals surface area contributed by atoms with Crippen LogP contribution in [0.15, 0.2) is 24.3 Å². The fourth-order valence-corrected chi connectivity index (χ4v) is 4.45. The third kappa shape index (κ3) is 4.80. The molecule has 6 nitrogen and oxygen atoms in total. The molecule has 0 bridgehead atoms. The topological polar surface area (TPSA) is 75.5 Å². The number of carbonyl (C=O) groups is 2. The quantitative estimate of drug-likeness (QED) is 0.744. The maximum atomic E-state index is 12.2. The molecule has 1 aromatic heterocycles. The molecule has 1 aliphatic heterocycles. The van der Waals surface area contributed by atoms with Crippen LogP contribution in [-0.2, 0) is 4.79 Å². The van der Waals surface area contributed by atoms with E-state index in [1.165, 1.54) is 14.6 Å². The van der Waals surface area contributed by atoms with Crippen LogP contribution in [0.4, 0.5) is 4.79 Å². The van der Waals surface area contributed by atoms with Crippen LogP contribution in [0.2, 0.25) is 0 Å². The summed E-state index contributed by atoms with van der Waals surface area (Å²) in [7, 11) is 0. The van der Waals surface area contributed by atoms with E-state index in [9.17, 15) is 9.59 Å². The molecule has 26 heavy (non-hydrogen) atoms. The van der Waals surface area contributed by atoms with Crippen molar-refractivity contribution in [3.8, 4) is 0 Å². The number of hydrogen-bond donors (Lipinski definition) is 3. The Balaban J connectivity index is 1.55. The highest BCUT2D eigenvalue weighted by Gasteiger charge is 2.28.